The van der Waals surface area contributed by atoms with Gasteiger partial charge in [-0.25, -0.2) is 4.98 Å². The third-order valence-electron chi connectivity index (χ3n) is 1.91. The monoisotopic (exact) mass is 296 g/mol. The van der Waals surface area contributed by atoms with Gasteiger partial charge in [0.15, 0.2) is 0 Å². The lowest BCUT2D eigenvalue weighted by atomic mass is 10.2. The van der Waals surface area contributed by atoms with Crippen LogP contribution in [0.2, 0.25) is 0 Å². The number of nitrogens with zero attached hydrogens (tertiary/aromatic N) is 2. The van der Waals surface area contributed by atoms with Gasteiger partial charge < -0.3 is 0 Å². The summed E-state index contributed by atoms with van der Waals surface area (Å²) in [6.07, 6.45) is 1.85. The van der Waals surface area contributed by atoms with Crippen LogP contribution in [0.3, 0.4) is 0 Å². The van der Waals surface area contributed by atoms with E-state index in [9.17, 15) is 0 Å². The first kappa shape index (κ1) is 9.58. The molecule has 0 saturated heterocycles. The maximum atomic E-state index is 4.43. The summed E-state index contributed by atoms with van der Waals surface area (Å²) in [4.78, 5) is 8.66. The van der Waals surface area contributed by atoms with Gasteiger partial charge in [-0.2, -0.15) is 0 Å². The van der Waals surface area contributed by atoms with E-state index in [-0.39, 0.29) is 0 Å². The van der Waals surface area contributed by atoms with Gasteiger partial charge in [-0.1, -0.05) is 6.07 Å². The molecule has 70 valence electrons. The average molecular weight is 296 g/mol. The van der Waals surface area contributed by atoms with Gasteiger partial charge in [-0.3, -0.25) is 4.98 Å². The van der Waals surface area contributed by atoms with Crippen LogP contribution in [0.25, 0.3) is 11.3 Å². The van der Waals surface area contributed by atoms with E-state index < -0.39 is 0 Å². The molecular weight excluding hydrogens is 287 g/mol. The van der Waals surface area contributed by atoms with E-state index in [1.54, 1.807) is 0 Å². The van der Waals surface area contributed by atoms with Gasteiger partial charge in [0.25, 0.3) is 0 Å². The summed E-state index contributed by atoms with van der Waals surface area (Å²) in [5.41, 5.74) is 3.07. The minimum atomic E-state index is 0.980. The Hall–Kier alpha value is -0.970. The lowest BCUT2D eigenvalue weighted by molar-refractivity contribution is 1.19. The maximum Gasteiger partial charge on any atom is 0.101 e. The Kier molecular flexibility index (Phi) is 2.77. The first-order valence-electron chi connectivity index (χ1n) is 4.31. The van der Waals surface area contributed by atoms with E-state index in [1.807, 2.05) is 43.5 Å². The third-order valence-corrected chi connectivity index (χ3v) is 2.55. The smallest absolute Gasteiger partial charge is 0.101 e. The molecule has 0 N–H and O–H groups in total. The van der Waals surface area contributed by atoms with Crippen molar-refractivity contribution in [1.29, 1.82) is 0 Å². The number of aryl methyl sites for hydroxylation is 1. The molecule has 0 aliphatic rings. The van der Waals surface area contributed by atoms with Crippen LogP contribution in [0.4, 0.5) is 0 Å². The second kappa shape index (κ2) is 4.04. The number of pyridine rings is 2. The fourth-order valence-corrected chi connectivity index (χ4v) is 1.55. The van der Waals surface area contributed by atoms with Gasteiger partial charge in [-0.15, -0.1) is 0 Å². The second-order valence-corrected chi connectivity index (χ2v) is 4.14. The zero-order valence-corrected chi connectivity index (χ0v) is 9.89. The number of hydrogen-bond acceptors (Lipinski definition) is 2. The Morgan fingerprint density at radius 2 is 2.00 bits per heavy atom. The molecule has 3 heteroatoms. The molecule has 0 atom stereocenters. The van der Waals surface area contributed by atoms with Crippen molar-refractivity contribution in [2.45, 2.75) is 6.92 Å². The van der Waals surface area contributed by atoms with Gasteiger partial charge in [0, 0.05) is 17.5 Å². The lowest BCUT2D eigenvalue weighted by Crippen LogP contribution is -1.87. The van der Waals surface area contributed by atoms with Crippen molar-refractivity contribution in [3.05, 3.63) is 45.9 Å². The minimum absolute atomic E-state index is 0.980. The lowest BCUT2D eigenvalue weighted by Gasteiger charge is -2.00. The van der Waals surface area contributed by atoms with E-state index in [0.29, 0.717) is 0 Å². The SMILES string of the molecule is Cc1cccc(-c2ccc(I)nc2)n1. The van der Waals surface area contributed by atoms with Crippen molar-refractivity contribution in [3.63, 3.8) is 0 Å². The van der Waals surface area contributed by atoms with E-state index in [1.165, 1.54) is 0 Å². The summed E-state index contributed by atoms with van der Waals surface area (Å²) < 4.78 is 0.999. The number of hydrogen-bond donors (Lipinski definition) is 0. The molecular formula is C11H9IN2. The first-order valence-corrected chi connectivity index (χ1v) is 5.39. The first-order chi connectivity index (χ1) is 6.75. The number of rotatable bonds is 1. The number of aromatic nitrogens is 2. The summed E-state index contributed by atoms with van der Waals surface area (Å²) in [6, 6.07) is 10.0. The van der Waals surface area contributed by atoms with Crippen LogP contribution in [0.5, 0.6) is 0 Å². The highest BCUT2D eigenvalue weighted by atomic mass is 127. The highest BCUT2D eigenvalue weighted by molar-refractivity contribution is 14.1. The van der Waals surface area contributed by atoms with Crippen LogP contribution in [0.15, 0.2) is 36.5 Å². The molecule has 2 aromatic heterocycles. The van der Waals surface area contributed by atoms with Gasteiger partial charge in [0.05, 0.1) is 5.69 Å². The van der Waals surface area contributed by atoms with Crippen LogP contribution in [0.1, 0.15) is 5.69 Å². The highest BCUT2D eigenvalue weighted by Crippen LogP contribution is 2.16. The highest BCUT2D eigenvalue weighted by Gasteiger charge is 1.98. The third kappa shape index (κ3) is 2.09. The molecule has 0 aromatic carbocycles. The fraction of sp³-hybridized carbons (Fsp3) is 0.0909. The Balaban J connectivity index is 2.44. The molecule has 2 nitrogen and oxygen atoms in total. The standard InChI is InChI=1S/C11H9IN2/c1-8-3-2-4-10(14-8)9-5-6-11(12)13-7-9/h2-7H,1H3. The summed E-state index contributed by atoms with van der Waals surface area (Å²) in [6.45, 7) is 1.99. The molecule has 0 unspecified atom stereocenters. The molecule has 0 saturated carbocycles. The Morgan fingerprint density at radius 3 is 2.64 bits per heavy atom. The van der Waals surface area contributed by atoms with Gasteiger partial charge >= 0.3 is 0 Å². The number of halogens is 1. The molecule has 2 rings (SSSR count). The van der Waals surface area contributed by atoms with Crippen molar-refractivity contribution >= 4 is 22.6 Å². The summed E-state index contributed by atoms with van der Waals surface area (Å²) in [5.74, 6) is 0. The Morgan fingerprint density at radius 1 is 1.14 bits per heavy atom. The normalized spacial score (nSPS) is 10.1. The molecule has 2 aromatic rings. The van der Waals surface area contributed by atoms with Gasteiger partial charge in [-0.05, 0) is 53.8 Å². The zero-order chi connectivity index (χ0) is 9.97. The van der Waals surface area contributed by atoms with E-state index >= 15 is 0 Å². The summed E-state index contributed by atoms with van der Waals surface area (Å²) >= 11 is 2.19. The van der Waals surface area contributed by atoms with E-state index in [2.05, 4.69) is 32.6 Å². The maximum absolute atomic E-state index is 4.43. The van der Waals surface area contributed by atoms with Gasteiger partial charge in [0.1, 0.15) is 3.70 Å². The topological polar surface area (TPSA) is 25.8 Å². The molecule has 0 fully saturated rings. The molecule has 0 aliphatic heterocycles. The predicted molar refractivity (Wildman–Crippen MR) is 64.9 cm³/mol. The molecule has 0 bridgehead atoms. The van der Waals surface area contributed by atoms with Crippen molar-refractivity contribution in [1.82, 2.24) is 9.97 Å². The van der Waals surface area contributed by atoms with Crippen molar-refractivity contribution in [2.75, 3.05) is 0 Å². The Labute approximate surface area is 96.6 Å². The Bertz CT molecular complexity index is 437. The predicted octanol–water partition coefficient (Wildman–Crippen LogP) is 3.06. The fourth-order valence-electron chi connectivity index (χ4n) is 1.23. The van der Waals surface area contributed by atoms with Crippen molar-refractivity contribution < 1.29 is 0 Å². The molecule has 2 heterocycles. The van der Waals surface area contributed by atoms with Crippen molar-refractivity contribution in [3.8, 4) is 11.3 Å². The van der Waals surface area contributed by atoms with Crippen molar-refractivity contribution in [2.24, 2.45) is 0 Å². The molecule has 0 aliphatic carbocycles. The van der Waals surface area contributed by atoms with E-state index in [4.69, 9.17) is 0 Å². The van der Waals surface area contributed by atoms with Crippen LogP contribution < -0.4 is 0 Å². The molecule has 0 spiro atoms. The average Bonchev–Trinajstić information content (AvgIpc) is 2.19. The summed E-state index contributed by atoms with van der Waals surface area (Å²) in [5, 5.41) is 0. The van der Waals surface area contributed by atoms with Crippen LogP contribution >= 0.6 is 22.6 Å². The van der Waals surface area contributed by atoms with Crippen LogP contribution in [-0.4, -0.2) is 9.97 Å². The van der Waals surface area contributed by atoms with Crippen LogP contribution in [0, 0.1) is 10.6 Å². The zero-order valence-electron chi connectivity index (χ0n) is 7.74. The largest absolute Gasteiger partial charge is 0.253 e. The minimum Gasteiger partial charge on any atom is -0.253 e. The summed E-state index contributed by atoms with van der Waals surface area (Å²) in [7, 11) is 0. The molecule has 14 heavy (non-hydrogen) atoms. The quantitative estimate of drug-likeness (QED) is 0.597. The molecule has 0 amide bonds. The molecule has 0 radical (unpaired) electrons. The second-order valence-electron chi connectivity index (χ2n) is 3.03. The van der Waals surface area contributed by atoms with E-state index in [0.717, 1.165) is 20.7 Å². The van der Waals surface area contributed by atoms with Crippen LogP contribution in [-0.2, 0) is 0 Å². The van der Waals surface area contributed by atoms with Gasteiger partial charge in [0.2, 0.25) is 0 Å².